The smallest absolute Gasteiger partial charge is 0.156 e. The van der Waals surface area contributed by atoms with Crippen LogP contribution in [0.3, 0.4) is 0 Å². The quantitative estimate of drug-likeness (QED) is 0.698. The molecule has 0 fully saturated rings. The highest BCUT2D eigenvalue weighted by molar-refractivity contribution is 5.87. The van der Waals surface area contributed by atoms with Crippen LogP contribution in [0.4, 0.5) is 0 Å². The zero-order chi connectivity index (χ0) is 13.6. The molecule has 0 heterocycles. The first-order valence-corrected chi connectivity index (χ1v) is 6.16. The van der Waals surface area contributed by atoms with E-state index in [0.29, 0.717) is 12.8 Å². The van der Waals surface area contributed by atoms with Crippen molar-refractivity contribution in [3.8, 4) is 0 Å². The van der Waals surface area contributed by atoms with Crippen LogP contribution in [-0.4, -0.2) is 26.3 Å². The third-order valence-corrected chi connectivity index (χ3v) is 3.59. The summed E-state index contributed by atoms with van der Waals surface area (Å²) < 4.78 is 10.4. The van der Waals surface area contributed by atoms with Gasteiger partial charge in [-0.1, -0.05) is 30.3 Å². The zero-order valence-electron chi connectivity index (χ0n) is 11.6. The van der Waals surface area contributed by atoms with E-state index in [1.165, 1.54) is 0 Å². The van der Waals surface area contributed by atoms with Crippen LogP contribution in [0.1, 0.15) is 32.3 Å². The highest BCUT2D eigenvalue weighted by Crippen LogP contribution is 2.31. The Kier molecular flexibility index (Phi) is 5.51. The van der Waals surface area contributed by atoms with Gasteiger partial charge in [-0.25, -0.2) is 0 Å². The van der Waals surface area contributed by atoms with E-state index in [4.69, 9.17) is 9.47 Å². The molecule has 0 saturated carbocycles. The van der Waals surface area contributed by atoms with E-state index in [9.17, 15) is 4.79 Å². The third-order valence-electron chi connectivity index (χ3n) is 3.59. The Hall–Kier alpha value is -1.19. The normalized spacial score (nSPS) is 14.5. The lowest BCUT2D eigenvalue weighted by Crippen LogP contribution is -2.32. The molecule has 0 saturated heterocycles. The molecule has 0 radical (unpaired) electrons. The van der Waals surface area contributed by atoms with Gasteiger partial charge >= 0.3 is 0 Å². The summed E-state index contributed by atoms with van der Waals surface area (Å²) in [5.74, 6) is 0.166. The lowest BCUT2D eigenvalue weighted by molar-refractivity contribution is -0.125. The molecule has 1 aromatic carbocycles. The maximum absolute atomic E-state index is 12.0. The molecule has 0 aliphatic rings. The number of ether oxygens (including phenoxy) is 2. The molecule has 1 aromatic rings. The molecule has 1 unspecified atom stereocenters. The van der Waals surface area contributed by atoms with Crippen LogP contribution in [0.25, 0.3) is 0 Å². The van der Waals surface area contributed by atoms with Gasteiger partial charge in [-0.15, -0.1) is 0 Å². The summed E-state index contributed by atoms with van der Waals surface area (Å²) in [5.41, 5.74) is 0.569. The highest BCUT2D eigenvalue weighted by Gasteiger charge is 2.32. The average molecular weight is 250 g/mol. The van der Waals surface area contributed by atoms with E-state index in [2.05, 4.69) is 0 Å². The fourth-order valence-electron chi connectivity index (χ4n) is 2.07. The fourth-order valence-corrected chi connectivity index (χ4v) is 2.07. The van der Waals surface area contributed by atoms with Crippen molar-refractivity contribution >= 4 is 5.78 Å². The minimum atomic E-state index is -0.476. The predicted molar refractivity (Wildman–Crippen MR) is 71.5 cm³/mol. The summed E-state index contributed by atoms with van der Waals surface area (Å²) in [6.07, 6.45) is 1.14. The van der Waals surface area contributed by atoms with Crippen molar-refractivity contribution in [1.29, 1.82) is 0 Å². The fraction of sp³-hybridized carbons (Fsp3) is 0.533. The topological polar surface area (TPSA) is 35.5 Å². The second kappa shape index (κ2) is 6.66. The number of ketones is 1. The number of rotatable bonds is 7. The van der Waals surface area contributed by atoms with Crippen LogP contribution < -0.4 is 0 Å². The number of Topliss-reactive ketones (excluding diaryl/α,β-unsaturated/α-hetero) is 1. The standard InChI is InChI=1S/C15H22O3/c1-12(16)15(2,11-10-14(17-3)18-4)13-8-6-5-7-9-13/h5-9,14H,10-11H2,1-4H3. The second-order valence-corrected chi connectivity index (χ2v) is 4.69. The van der Waals surface area contributed by atoms with Crippen molar-refractivity contribution in [2.75, 3.05) is 14.2 Å². The van der Waals surface area contributed by atoms with Gasteiger partial charge in [0, 0.05) is 14.2 Å². The van der Waals surface area contributed by atoms with Crippen LogP contribution in [-0.2, 0) is 19.7 Å². The first kappa shape index (κ1) is 14.9. The molecule has 3 nitrogen and oxygen atoms in total. The molecule has 100 valence electrons. The van der Waals surface area contributed by atoms with E-state index in [0.717, 1.165) is 5.56 Å². The number of carbonyl (C=O) groups is 1. The summed E-state index contributed by atoms with van der Waals surface area (Å²) in [4.78, 5) is 12.0. The molecule has 0 spiro atoms. The molecule has 3 heteroatoms. The Morgan fingerprint density at radius 1 is 1.22 bits per heavy atom. The molecular weight excluding hydrogens is 228 g/mol. The van der Waals surface area contributed by atoms with Gasteiger partial charge < -0.3 is 9.47 Å². The van der Waals surface area contributed by atoms with Crippen LogP contribution in [0, 0.1) is 0 Å². The molecular formula is C15H22O3. The van der Waals surface area contributed by atoms with E-state index in [-0.39, 0.29) is 12.1 Å². The molecule has 1 atom stereocenters. The summed E-state index contributed by atoms with van der Waals surface area (Å²) in [6.45, 7) is 3.62. The highest BCUT2D eigenvalue weighted by atomic mass is 16.7. The minimum Gasteiger partial charge on any atom is -0.356 e. The first-order valence-electron chi connectivity index (χ1n) is 6.16. The van der Waals surface area contributed by atoms with E-state index in [1.807, 2.05) is 37.3 Å². The van der Waals surface area contributed by atoms with Crippen LogP contribution in [0.2, 0.25) is 0 Å². The molecule has 0 aliphatic heterocycles. The van der Waals surface area contributed by atoms with Crippen LogP contribution in [0.5, 0.6) is 0 Å². The number of hydrogen-bond donors (Lipinski definition) is 0. The van der Waals surface area contributed by atoms with Gasteiger partial charge in [-0.3, -0.25) is 4.79 Å². The zero-order valence-corrected chi connectivity index (χ0v) is 11.6. The van der Waals surface area contributed by atoms with Crippen molar-refractivity contribution in [3.05, 3.63) is 35.9 Å². The first-order chi connectivity index (χ1) is 8.54. The van der Waals surface area contributed by atoms with Crippen molar-refractivity contribution in [2.45, 2.75) is 38.4 Å². The monoisotopic (exact) mass is 250 g/mol. The van der Waals surface area contributed by atoms with Crippen molar-refractivity contribution in [1.82, 2.24) is 0 Å². The number of methoxy groups -OCH3 is 2. The van der Waals surface area contributed by atoms with Crippen molar-refractivity contribution in [2.24, 2.45) is 0 Å². The summed E-state index contributed by atoms with van der Waals surface area (Å²) in [5, 5.41) is 0. The maximum atomic E-state index is 12.0. The average Bonchev–Trinajstić information content (AvgIpc) is 2.40. The molecule has 0 aliphatic carbocycles. The molecule has 1 rings (SSSR count). The summed E-state index contributed by atoms with van der Waals surface area (Å²) in [6, 6.07) is 9.87. The van der Waals surface area contributed by atoms with Gasteiger partial charge in [0.25, 0.3) is 0 Å². The molecule has 18 heavy (non-hydrogen) atoms. The van der Waals surface area contributed by atoms with Gasteiger partial charge in [-0.2, -0.15) is 0 Å². The van der Waals surface area contributed by atoms with Gasteiger partial charge in [0.05, 0.1) is 5.41 Å². The molecule has 0 aromatic heterocycles. The molecule has 0 bridgehead atoms. The van der Waals surface area contributed by atoms with E-state index in [1.54, 1.807) is 21.1 Å². The molecule has 0 N–H and O–H groups in total. The molecule has 0 amide bonds. The number of benzene rings is 1. The van der Waals surface area contributed by atoms with Crippen molar-refractivity contribution in [3.63, 3.8) is 0 Å². The van der Waals surface area contributed by atoms with Crippen LogP contribution in [0.15, 0.2) is 30.3 Å². The maximum Gasteiger partial charge on any atom is 0.156 e. The van der Waals surface area contributed by atoms with Gasteiger partial charge in [0.2, 0.25) is 0 Å². The SMILES string of the molecule is COC(CCC(C)(C(C)=O)c1ccccc1)OC. The summed E-state index contributed by atoms with van der Waals surface area (Å²) in [7, 11) is 3.23. The predicted octanol–water partition coefficient (Wildman–Crippen LogP) is 2.93. The van der Waals surface area contributed by atoms with Crippen molar-refractivity contribution < 1.29 is 14.3 Å². The van der Waals surface area contributed by atoms with Gasteiger partial charge in [0.15, 0.2) is 6.29 Å². The van der Waals surface area contributed by atoms with E-state index >= 15 is 0 Å². The Morgan fingerprint density at radius 3 is 2.22 bits per heavy atom. The second-order valence-electron chi connectivity index (χ2n) is 4.69. The Balaban J connectivity index is 2.85. The van der Waals surface area contributed by atoms with Gasteiger partial charge in [-0.05, 0) is 32.3 Å². The Morgan fingerprint density at radius 2 is 1.78 bits per heavy atom. The number of carbonyl (C=O) groups excluding carboxylic acids is 1. The lowest BCUT2D eigenvalue weighted by Gasteiger charge is -2.28. The Labute approximate surface area is 109 Å². The van der Waals surface area contributed by atoms with E-state index < -0.39 is 5.41 Å². The Bertz CT molecular complexity index is 371. The number of hydrogen-bond acceptors (Lipinski definition) is 3. The third kappa shape index (κ3) is 3.40. The lowest BCUT2D eigenvalue weighted by atomic mass is 9.75. The largest absolute Gasteiger partial charge is 0.356 e. The van der Waals surface area contributed by atoms with Gasteiger partial charge in [0.1, 0.15) is 5.78 Å². The van der Waals surface area contributed by atoms with Crippen LogP contribution >= 0.6 is 0 Å². The minimum absolute atomic E-state index is 0.166. The summed E-state index contributed by atoms with van der Waals surface area (Å²) >= 11 is 0.